The van der Waals surface area contributed by atoms with Gasteiger partial charge in [-0.15, -0.1) is 0 Å². The molecular weight excluding hydrogens is 683 g/mol. The van der Waals surface area contributed by atoms with Gasteiger partial charge in [-0.25, -0.2) is 0 Å². The first kappa shape index (κ1) is 51.5. The van der Waals surface area contributed by atoms with Crippen LogP contribution in [0, 0.1) is 0 Å². The number of carbonyl (C=O) groups is 1. The molecule has 0 aromatic rings. The Labute approximate surface area is 327 Å². The molecule has 9 heteroatoms. The number of quaternary nitrogens is 1. The average Bonchev–Trinajstić information content (AvgIpc) is 3.10. The van der Waals surface area contributed by atoms with Gasteiger partial charge in [0.1, 0.15) is 13.2 Å². The Hall–Kier alpha value is -1.54. The highest BCUT2D eigenvalue weighted by Crippen LogP contribution is 2.38. The summed E-state index contributed by atoms with van der Waals surface area (Å²) in [7, 11) is 1.23. The van der Waals surface area contributed by atoms with Crippen LogP contribution in [0.2, 0.25) is 0 Å². The molecule has 0 aliphatic rings. The summed E-state index contributed by atoms with van der Waals surface area (Å²) in [6.45, 7) is 4.56. The van der Waals surface area contributed by atoms with Crippen molar-refractivity contribution < 1.29 is 32.9 Å². The number of allylic oxidation sites excluding steroid dienone is 7. The number of hydrogen-bond acceptors (Lipinski definition) is 6. The second-order valence-corrected chi connectivity index (χ2v) is 17.1. The van der Waals surface area contributed by atoms with Crippen molar-refractivity contribution in [1.82, 2.24) is 5.32 Å². The van der Waals surface area contributed by atoms with Crippen molar-refractivity contribution in [2.45, 2.75) is 187 Å². The number of nitrogens with one attached hydrogen (secondary N) is 1. The quantitative estimate of drug-likeness (QED) is 0.0213. The molecule has 0 fully saturated rings. The average molecular weight is 767 g/mol. The Morgan fingerprint density at radius 3 is 1.68 bits per heavy atom. The summed E-state index contributed by atoms with van der Waals surface area (Å²) >= 11 is 0. The molecule has 0 spiro atoms. The van der Waals surface area contributed by atoms with E-state index in [-0.39, 0.29) is 12.5 Å². The maximum Gasteiger partial charge on any atom is 0.268 e. The maximum absolute atomic E-state index is 12.8. The first-order valence-electron chi connectivity index (χ1n) is 21.5. The van der Waals surface area contributed by atoms with Crippen LogP contribution in [0.25, 0.3) is 0 Å². The number of aliphatic hydroxyl groups excluding tert-OH is 1. The first-order valence-corrected chi connectivity index (χ1v) is 23.0. The molecule has 310 valence electrons. The summed E-state index contributed by atoms with van der Waals surface area (Å²) in [5.74, 6) is -0.215. The van der Waals surface area contributed by atoms with Gasteiger partial charge in [-0.2, -0.15) is 0 Å². The lowest BCUT2D eigenvalue weighted by Gasteiger charge is -2.29. The number of phosphoric ester groups is 1. The molecule has 3 unspecified atom stereocenters. The molecule has 3 atom stereocenters. The third kappa shape index (κ3) is 38.5. The standard InChI is InChI=1S/C44H83N2O6P/c1-6-8-10-12-14-16-18-20-21-22-23-24-25-26-28-30-32-34-36-38-44(48)45-42(41-52-53(49,50)51-40-39-46(3,4)5)43(47)37-35-33-31-29-27-19-17-15-13-11-9-7-2/h14,16,18,20,27,29,35,37,42-43,47H,6-13,15,17,19,21-26,28,30-34,36,38-41H2,1-5H3,(H-,45,48,49,50)/b16-14-,20-18-,29-27+,37-35+. The van der Waals surface area contributed by atoms with E-state index in [0.29, 0.717) is 17.4 Å². The van der Waals surface area contributed by atoms with E-state index < -0.39 is 26.6 Å². The van der Waals surface area contributed by atoms with E-state index >= 15 is 0 Å². The second kappa shape index (κ2) is 36.1. The summed E-state index contributed by atoms with van der Waals surface area (Å²) in [5.41, 5.74) is 0. The fraction of sp³-hybridized carbons (Fsp3) is 0.795. The number of phosphoric acid groups is 1. The lowest BCUT2D eigenvalue weighted by molar-refractivity contribution is -0.870. The summed E-state index contributed by atoms with van der Waals surface area (Å²) in [6, 6.07) is -0.903. The zero-order valence-corrected chi connectivity index (χ0v) is 35.8. The molecule has 0 aliphatic carbocycles. The fourth-order valence-corrected chi connectivity index (χ4v) is 6.53. The number of hydrogen-bond donors (Lipinski definition) is 2. The topological polar surface area (TPSA) is 108 Å². The monoisotopic (exact) mass is 767 g/mol. The molecule has 53 heavy (non-hydrogen) atoms. The van der Waals surface area contributed by atoms with Crippen LogP contribution >= 0.6 is 7.82 Å². The van der Waals surface area contributed by atoms with Crippen LogP contribution in [-0.2, 0) is 18.4 Å². The molecular formula is C44H83N2O6P. The van der Waals surface area contributed by atoms with E-state index in [1.807, 2.05) is 27.2 Å². The highest BCUT2D eigenvalue weighted by atomic mass is 31.2. The number of nitrogens with zero attached hydrogens (tertiary/aromatic N) is 1. The van der Waals surface area contributed by atoms with Crippen molar-refractivity contribution in [3.8, 4) is 0 Å². The number of unbranched alkanes of at least 4 members (excludes halogenated alkanes) is 20. The zero-order valence-electron chi connectivity index (χ0n) is 35.0. The van der Waals surface area contributed by atoms with Crippen LogP contribution in [0.4, 0.5) is 0 Å². The van der Waals surface area contributed by atoms with Gasteiger partial charge in [0.15, 0.2) is 0 Å². The summed E-state index contributed by atoms with van der Waals surface area (Å²) in [5, 5.41) is 13.7. The lowest BCUT2D eigenvalue weighted by Crippen LogP contribution is -2.45. The van der Waals surface area contributed by atoms with Crippen molar-refractivity contribution in [1.29, 1.82) is 0 Å². The van der Waals surface area contributed by atoms with Gasteiger partial charge in [-0.3, -0.25) is 9.36 Å². The van der Waals surface area contributed by atoms with Crippen molar-refractivity contribution in [2.24, 2.45) is 0 Å². The molecule has 0 aromatic heterocycles. The molecule has 0 saturated heterocycles. The van der Waals surface area contributed by atoms with Gasteiger partial charge in [-0.1, -0.05) is 159 Å². The smallest absolute Gasteiger partial charge is 0.268 e. The minimum atomic E-state index is -4.59. The lowest BCUT2D eigenvalue weighted by atomic mass is 10.0. The molecule has 0 radical (unpaired) electrons. The van der Waals surface area contributed by atoms with E-state index in [2.05, 4.69) is 55.6 Å². The number of amides is 1. The van der Waals surface area contributed by atoms with Gasteiger partial charge < -0.3 is 28.8 Å². The minimum Gasteiger partial charge on any atom is -0.756 e. The number of likely N-dealkylation sites (N-methyl/N-ethyl adjacent to an activating group) is 1. The van der Waals surface area contributed by atoms with Crippen molar-refractivity contribution >= 4 is 13.7 Å². The van der Waals surface area contributed by atoms with E-state index in [9.17, 15) is 19.4 Å². The fourth-order valence-electron chi connectivity index (χ4n) is 5.80. The predicted octanol–water partition coefficient (Wildman–Crippen LogP) is 11.1. The Bertz CT molecular complexity index is 1010. The van der Waals surface area contributed by atoms with E-state index in [4.69, 9.17) is 9.05 Å². The van der Waals surface area contributed by atoms with Gasteiger partial charge in [0, 0.05) is 6.42 Å². The summed E-state index contributed by atoms with van der Waals surface area (Å²) in [4.78, 5) is 25.2. The Balaban J connectivity index is 4.43. The van der Waals surface area contributed by atoms with E-state index in [0.717, 1.165) is 38.5 Å². The summed E-state index contributed by atoms with van der Waals surface area (Å²) < 4.78 is 23.1. The van der Waals surface area contributed by atoms with E-state index in [1.54, 1.807) is 6.08 Å². The molecule has 0 bridgehead atoms. The molecule has 8 nitrogen and oxygen atoms in total. The van der Waals surface area contributed by atoms with E-state index in [1.165, 1.54) is 116 Å². The normalized spacial score (nSPS) is 14.9. The molecule has 0 aliphatic heterocycles. The largest absolute Gasteiger partial charge is 0.756 e. The van der Waals surface area contributed by atoms with Gasteiger partial charge in [0.25, 0.3) is 7.82 Å². The SMILES string of the molecule is CCCCC/C=C\C=C/CCCCCCCCCCCCC(=O)NC(COP(=O)([O-])OCC[N+](C)(C)C)C(O)/C=C/CC/C=C/CCCCCCCC. The van der Waals surface area contributed by atoms with Crippen LogP contribution in [0.15, 0.2) is 48.6 Å². The molecule has 0 saturated carbocycles. The van der Waals surface area contributed by atoms with Crippen molar-refractivity contribution in [3.05, 3.63) is 48.6 Å². The van der Waals surface area contributed by atoms with Crippen LogP contribution in [0.5, 0.6) is 0 Å². The van der Waals surface area contributed by atoms with Crippen LogP contribution < -0.4 is 10.2 Å². The predicted molar refractivity (Wildman–Crippen MR) is 224 cm³/mol. The summed E-state index contributed by atoms with van der Waals surface area (Å²) in [6.07, 6.45) is 44.4. The highest BCUT2D eigenvalue weighted by molar-refractivity contribution is 7.45. The number of aliphatic hydroxyl groups is 1. The molecule has 0 aromatic carbocycles. The highest BCUT2D eigenvalue weighted by Gasteiger charge is 2.23. The van der Waals surface area contributed by atoms with Crippen LogP contribution in [0.3, 0.4) is 0 Å². The molecule has 0 rings (SSSR count). The van der Waals surface area contributed by atoms with Gasteiger partial charge in [0.2, 0.25) is 5.91 Å². The maximum atomic E-state index is 12.8. The third-order valence-electron chi connectivity index (χ3n) is 9.29. The zero-order chi connectivity index (χ0) is 39.3. The number of carbonyl (C=O) groups excluding carboxylic acids is 1. The van der Waals surface area contributed by atoms with Gasteiger partial charge in [0.05, 0.1) is 39.9 Å². The third-order valence-corrected chi connectivity index (χ3v) is 10.3. The van der Waals surface area contributed by atoms with Gasteiger partial charge >= 0.3 is 0 Å². The van der Waals surface area contributed by atoms with Crippen LogP contribution in [-0.4, -0.2) is 68.5 Å². The second-order valence-electron chi connectivity index (χ2n) is 15.7. The van der Waals surface area contributed by atoms with Crippen LogP contribution in [0.1, 0.15) is 174 Å². The first-order chi connectivity index (χ1) is 25.5. The number of rotatable bonds is 38. The molecule has 2 N–H and O–H groups in total. The van der Waals surface area contributed by atoms with Gasteiger partial charge in [-0.05, 0) is 57.8 Å². The Morgan fingerprint density at radius 2 is 1.11 bits per heavy atom. The Kier molecular flexibility index (Phi) is 35.1. The van der Waals surface area contributed by atoms with Crippen molar-refractivity contribution in [2.75, 3.05) is 40.9 Å². The minimum absolute atomic E-state index is 0.00841. The van der Waals surface area contributed by atoms with Crippen molar-refractivity contribution in [3.63, 3.8) is 0 Å². The Morgan fingerprint density at radius 1 is 0.660 bits per heavy atom. The molecule has 1 amide bonds. The molecule has 0 heterocycles.